The van der Waals surface area contributed by atoms with E-state index in [2.05, 4.69) is 22.1 Å². The molecule has 7 heteroatoms. The van der Waals surface area contributed by atoms with Crippen LogP contribution in [-0.4, -0.2) is 23.0 Å². The highest BCUT2D eigenvalue weighted by molar-refractivity contribution is 5.61. The Morgan fingerprint density at radius 1 is 1.32 bits per heavy atom. The van der Waals surface area contributed by atoms with Crippen LogP contribution >= 0.6 is 0 Å². The van der Waals surface area contributed by atoms with Gasteiger partial charge < -0.3 is 10.2 Å². The lowest BCUT2D eigenvalue weighted by Crippen LogP contribution is -2.33. The van der Waals surface area contributed by atoms with Crippen molar-refractivity contribution in [1.82, 2.24) is 4.98 Å². The lowest BCUT2D eigenvalue weighted by molar-refractivity contribution is -0.384. The number of piperidine rings is 1. The Morgan fingerprint density at radius 3 is 2.72 bits per heavy atom. The van der Waals surface area contributed by atoms with Crippen molar-refractivity contribution >= 4 is 17.2 Å². The highest BCUT2D eigenvalue weighted by Crippen LogP contribution is 2.26. The van der Waals surface area contributed by atoms with E-state index in [4.69, 9.17) is 0 Å². The molecule has 1 aromatic heterocycles. The number of nitro groups is 1. The Balaban J connectivity index is 1.64. The Morgan fingerprint density at radius 2 is 2.08 bits per heavy atom. The Kier molecular flexibility index (Phi) is 5.11. The molecule has 0 amide bonds. The highest BCUT2D eigenvalue weighted by Gasteiger charge is 2.17. The van der Waals surface area contributed by atoms with E-state index in [1.54, 1.807) is 6.20 Å². The minimum absolute atomic E-state index is 0.145. The van der Waals surface area contributed by atoms with Crippen molar-refractivity contribution in [1.29, 1.82) is 0 Å². The number of nitrogens with zero attached hydrogens (tertiary/aromatic N) is 3. The Hall–Kier alpha value is -2.70. The molecule has 25 heavy (non-hydrogen) atoms. The van der Waals surface area contributed by atoms with Crippen LogP contribution in [0.5, 0.6) is 0 Å². The van der Waals surface area contributed by atoms with Crippen LogP contribution in [0.15, 0.2) is 36.5 Å². The zero-order valence-electron chi connectivity index (χ0n) is 14.1. The first kappa shape index (κ1) is 17.1. The first-order valence-electron chi connectivity index (χ1n) is 8.40. The van der Waals surface area contributed by atoms with Gasteiger partial charge in [0.25, 0.3) is 5.69 Å². The number of hydrogen-bond donors (Lipinski definition) is 1. The van der Waals surface area contributed by atoms with Crippen molar-refractivity contribution in [3.05, 3.63) is 58.0 Å². The van der Waals surface area contributed by atoms with Crippen LogP contribution in [0.4, 0.5) is 21.6 Å². The summed E-state index contributed by atoms with van der Waals surface area (Å²) >= 11 is 0. The summed E-state index contributed by atoms with van der Waals surface area (Å²) < 4.78 is 13.3. The van der Waals surface area contributed by atoms with Crippen molar-refractivity contribution < 1.29 is 9.31 Å². The number of aromatic nitrogens is 1. The van der Waals surface area contributed by atoms with E-state index in [-0.39, 0.29) is 11.4 Å². The topological polar surface area (TPSA) is 71.3 Å². The maximum Gasteiger partial charge on any atom is 0.292 e. The maximum atomic E-state index is 13.3. The van der Waals surface area contributed by atoms with Gasteiger partial charge in [0.15, 0.2) is 0 Å². The molecule has 0 radical (unpaired) electrons. The van der Waals surface area contributed by atoms with Crippen LogP contribution in [0.2, 0.25) is 0 Å². The summed E-state index contributed by atoms with van der Waals surface area (Å²) in [5, 5.41) is 13.9. The molecule has 2 aromatic rings. The molecule has 1 saturated heterocycles. The number of pyridine rings is 1. The SMILES string of the molecule is CC1CCN(c2ccc(CNc3cc(F)ccc3[N+](=O)[O-])cn2)CC1. The second-order valence-electron chi connectivity index (χ2n) is 6.47. The average molecular weight is 344 g/mol. The molecule has 6 nitrogen and oxygen atoms in total. The number of nitrogens with one attached hydrogen (secondary N) is 1. The van der Waals surface area contributed by atoms with Gasteiger partial charge in [0.1, 0.15) is 17.3 Å². The molecule has 0 aliphatic carbocycles. The summed E-state index contributed by atoms with van der Waals surface area (Å²) in [5.41, 5.74) is 0.903. The second kappa shape index (κ2) is 7.46. The monoisotopic (exact) mass is 344 g/mol. The summed E-state index contributed by atoms with van der Waals surface area (Å²) in [5.74, 6) is 1.20. The van der Waals surface area contributed by atoms with Crippen LogP contribution in [-0.2, 0) is 6.54 Å². The minimum Gasteiger partial charge on any atom is -0.375 e. The van der Waals surface area contributed by atoms with Crippen molar-refractivity contribution in [3.8, 4) is 0 Å². The van der Waals surface area contributed by atoms with Gasteiger partial charge in [-0.2, -0.15) is 0 Å². The van der Waals surface area contributed by atoms with Crippen LogP contribution in [0.25, 0.3) is 0 Å². The zero-order chi connectivity index (χ0) is 17.8. The minimum atomic E-state index is -0.527. The normalized spacial score (nSPS) is 15.2. The second-order valence-corrected chi connectivity index (χ2v) is 6.47. The lowest BCUT2D eigenvalue weighted by atomic mass is 9.99. The summed E-state index contributed by atoms with van der Waals surface area (Å²) in [6.07, 6.45) is 4.11. The van der Waals surface area contributed by atoms with Crippen LogP contribution in [0.3, 0.4) is 0 Å². The van der Waals surface area contributed by atoms with Crippen molar-refractivity contribution in [2.45, 2.75) is 26.3 Å². The third kappa shape index (κ3) is 4.23. The Labute approximate surface area is 145 Å². The van der Waals surface area contributed by atoms with Crippen molar-refractivity contribution in [3.63, 3.8) is 0 Å². The number of hydrogen-bond acceptors (Lipinski definition) is 5. The van der Waals surface area contributed by atoms with Crippen LogP contribution < -0.4 is 10.2 Å². The molecular formula is C18H21FN4O2. The average Bonchev–Trinajstić information content (AvgIpc) is 2.61. The molecule has 1 aliphatic heterocycles. The van der Waals surface area contributed by atoms with E-state index < -0.39 is 10.7 Å². The van der Waals surface area contributed by atoms with Crippen LogP contribution in [0, 0.1) is 21.8 Å². The number of nitro benzene ring substituents is 1. The predicted molar refractivity (Wildman–Crippen MR) is 95.2 cm³/mol. The van der Waals surface area contributed by atoms with E-state index in [9.17, 15) is 14.5 Å². The molecular weight excluding hydrogens is 323 g/mol. The van der Waals surface area contributed by atoms with Gasteiger partial charge in [-0.1, -0.05) is 13.0 Å². The maximum absolute atomic E-state index is 13.3. The van der Waals surface area contributed by atoms with Gasteiger partial charge in [-0.15, -0.1) is 0 Å². The van der Waals surface area contributed by atoms with Gasteiger partial charge in [0.2, 0.25) is 0 Å². The fraction of sp³-hybridized carbons (Fsp3) is 0.389. The van der Waals surface area contributed by atoms with Gasteiger partial charge in [-0.3, -0.25) is 10.1 Å². The summed E-state index contributed by atoms with van der Waals surface area (Å²) in [4.78, 5) is 17.3. The fourth-order valence-corrected chi connectivity index (χ4v) is 2.95. The van der Waals surface area contributed by atoms with Gasteiger partial charge in [0.05, 0.1) is 4.92 Å². The van der Waals surface area contributed by atoms with E-state index in [0.717, 1.165) is 48.6 Å². The van der Waals surface area contributed by atoms with Gasteiger partial charge in [0, 0.05) is 38.0 Å². The highest BCUT2D eigenvalue weighted by atomic mass is 19.1. The number of halogens is 1. The predicted octanol–water partition coefficient (Wildman–Crippen LogP) is 3.98. The quantitative estimate of drug-likeness (QED) is 0.656. The summed E-state index contributed by atoms with van der Waals surface area (Å²) in [6, 6.07) is 7.29. The van der Waals surface area contributed by atoms with Crippen molar-refractivity contribution in [2.75, 3.05) is 23.3 Å². The molecule has 3 rings (SSSR count). The van der Waals surface area contributed by atoms with E-state index in [1.807, 2.05) is 12.1 Å². The van der Waals surface area contributed by atoms with Crippen molar-refractivity contribution in [2.24, 2.45) is 5.92 Å². The molecule has 1 N–H and O–H groups in total. The third-order valence-corrected chi connectivity index (χ3v) is 4.56. The molecule has 0 bridgehead atoms. The van der Waals surface area contributed by atoms with E-state index in [1.165, 1.54) is 12.8 Å². The van der Waals surface area contributed by atoms with E-state index >= 15 is 0 Å². The molecule has 1 aromatic carbocycles. The number of benzene rings is 1. The molecule has 132 valence electrons. The molecule has 1 fully saturated rings. The molecule has 0 saturated carbocycles. The third-order valence-electron chi connectivity index (χ3n) is 4.56. The Bertz CT molecular complexity index is 743. The lowest BCUT2D eigenvalue weighted by Gasteiger charge is -2.31. The molecule has 2 heterocycles. The first-order valence-corrected chi connectivity index (χ1v) is 8.40. The molecule has 0 spiro atoms. The first-order chi connectivity index (χ1) is 12.0. The van der Waals surface area contributed by atoms with Gasteiger partial charge >= 0.3 is 0 Å². The smallest absolute Gasteiger partial charge is 0.292 e. The number of anilines is 2. The van der Waals surface area contributed by atoms with E-state index in [0.29, 0.717) is 6.54 Å². The summed E-state index contributed by atoms with van der Waals surface area (Å²) in [7, 11) is 0. The zero-order valence-corrected chi connectivity index (χ0v) is 14.1. The molecule has 0 atom stereocenters. The number of rotatable bonds is 5. The van der Waals surface area contributed by atoms with Crippen LogP contribution in [0.1, 0.15) is 25.3 Å². The summed E-state index contributed by atoms with van der Waals surface area (Å²) in [6.45, 7) is 4.64. The van der Waals surface area contributed by atoms with Gasteiger partial charge in [-0.25, -0.2) is 9.37 Å². The molecule has 1 aliphatic rings. The van der Waals surface area contributed by atoms with Gasteiger partial charge in [-0.05, 0) is 36.5 Å². The fourth-order valence-electron chi connectivity index (χ4n) is 2.95. The molecule has 0 unspecified atom stereocenters. The largest absolute Gasteiger partial charge is 0.375 e. The standard InChI is InChI=1S/C18H21FN4O2/c1-13-6-8-22(9-7-13)18-5-2-14(12-21-18)11-20-16-10-15(19)3-4-17(16)23(24)25/h2-5,10,12-13,20H,6-9,11H2,1H3.